The van der Waals surface area contributed by atoms with E-state index in [9.17, 15) is 0 Å². The van der Waals surface area contributed by atoms with Gasteiger partial charge in [-0.3, -0.25) is 0 Å². The van der Waals surface area contributed by atoms with E-state index < -0.39 is 0 Å². The van der Waals surface area contributed by atoms with E-state index in [-0.39, 0.29) is 5.41 Å². The Hall–Kier alpha value is -1.29. The molecule has 0 bridgehead atoms. The topological polar surface area (TPSA) is 63.0 Å². The average molecular weight is 208 g/mol. The van der Waals surface area contributed by atoms with E-state index in [0.717, 1.165) is 5.69 Å². The molecule has 0 aliphatic heterocycles. The van der Waals surface area contributed by atoms with Crippen LogP contribution < -0.4 is 16.6 Å². The molecule has 0 spiro atoms. The summed E-state index contributed by atoms with van der Waals surface area (Å²) in [5, 5.41) is 3.42. The predicted molar refractivity (Wildman–Crippen MR) is 64.6 cm³/mol. The van der Waals surface area contributed by atoms with E-state index in [1.807, 2.05) is 12.1 Å². The maximum atomic E-state index is 5.30. The Morgan fingerprint density at radius 2 is 2.07 bits per heavy atom. The lowest BCUT2D eigenvalue weighted by molar-refractivity contribution is 0.359. The molecule has 0 saturated carbocycles. The lowest BCUT2D eigenvalue weighted by Gasteiger charge is -2.29. The first-order chi connectivity index (χ1) is 6.93. The van der Waals surface area contributed by atoms with Crippen LogP contribution >= 0.6 is 0 Å². The second-order valence-electron chi connectivity index (χ2n) is 4.81. The highest BCUT2D eigenvalue weighted by Gasteiger charge is 2.19. The zero-order valence-electron chi connectivity index (χ0n) is 9.83. The molecule has 0 aromatic carbocycles. The number of nitrogens with two attached hydrogens (primary N) is 1. The van der Waals surface area contributed by atoms with Crippen molar-refractivity contribution in [1.82, 2.24) is 4.98 Å². The molecule has 0 amide bonds. The van der Waals surface area contributed by atoms with Crippen molar-refractivity contribution in [3.63, 3.8) is 0 Å². The molecule has 15 heavy (non-hydrogen) atoms. The fourth-order valence-electron chi connectivity index (χ4n) is 1.07. The van der Waals surface area contributed by atoms with Gasteiger partial charge in [0.1, 0.15) is 5.82 Å². The summed E-state index contributed by atoms with van der Waals surface area (Å²) in [6.07, 6.45) is 1.73. The van der Waals surface area contributed by atoms with Crippen molar-refractivity contribution in [2.24, 2.45) is 11.3 Å². The summed E-state index contributed by atoms with van der Waals surface area (Å²) in [4.78, 5) is 4.05. The normalized spacial score (nSPS) is 13.4. The fraction of sp³-hybridized carbons (Fsp3) is 0.545. The Labute approximate surface area is 91.3 Å². The Bertz CT molecular complexity index is 317. The van der Waals surface area contributed by atoms with Crippen LogP contribution in [0.25, 0.3) is 0 Å². The summed E-state index contributed by atoms with van der Waals surface area (Å²) in [5.41, 5.74) is 3.78. The third-order valence-corrected chi connectivity index (χ3v) is 2.59. The molecule has 4 N–H and O–H groups in total. The third-order valence-electron chi connectivity index (χ3n) is 2.59. The summed E-state index contributed by atoms with van der Waals surface area (Å²) < 4.78 is 0. The van der Waals surface area contributed by atoms with Gasteiger partial charge in [0.15, 0.2) is 0 Å². The molecule has 1 heterocycles. The number of rotatable bonds is 3. The van der Waals surface area contributed by atoms with Gasteiger partial charge in [-0.2, -0.15) is 0 Å². The van der Waals surface area contributed by atoms with E-state index in [4.69, 9.17) is 5.84 Å². The number of nitrogen functional groups attached to an aromatic ring is 1. The van der Waals surface area contributed by atoms with E-state index in [1.54, 1.807) is 6.20 Å². The fourth-order valence-corrected chi connectivity index (χ4v) is 1.07. The van der Waals surface area contributed by atoms with Crippen molar-refractivity contribution in [2.45, 2.75) is 33.7 Å². The van der Waals surface area contributed by atoms with Crippen LogP contribution in [0.5, 0.6) is 0 Å². The standard InChI is InChI=1S/C11H20N4/c1-8(11(2,3)4)14-9-5-6-13-10(7-9)15-12/h5-8H,12H2,1-4H3,(H2,13,14,15). The number of hydrogen-bond acceptors (Lipinski definition) is 4. The molecule has 1 rings (SSSR count). The molecular formula is C11H20N4. The van der Waals surface area contributed by atoms with Crippen molar-refractivity contribution in [2.75, 3.05) is 10.7 Å². The molecule has 1 atom stereocenters. The second-order valence-corrected chi connectivity index (χ2v) is 4.81. The van der Waals surface area contributed by atoms with Crippen LogP contribution in [-0.2, 0) is 0 Å². The van der Waals surface area contributed by atoms with Crippen molar-refractivity contribution in [1.29, 1.82) is 0 Å². The Morgan fingerprint density at radius 3 is 2.60 bits per heavy atom. The average Bonchev–Trinajstić information content (AvgIpc) is 2.16. The van der Waals surface area contributed by atoms with Crippen molar-refractivity contribution in [3.05, 3.63) is 18.3 Å². The Balaban J connectivity index is 2.72. The monoisotopic (exact) mass is 208 g/mol. The number of nitrogens with zero attached hydrogens (tertiary/aromatic N) is 1. The van der Waals surface area contributed by atoms with E-state index >= 15 is 0 Å². The van der Waals surface area contributed by atoms with E-state index in [2.05, 4.69) is 43.4 Å². The van der Waals surface area contributed by atoms with Crippen molar-refractivity contribution in [3.8, 4) is 0 Å². The highest BCUT2D eigenvalue weighted by atomic mass is 15.2. The summed E-state index contributed by atoms with van der Waals surface area (Å²) in [7, 11) is 0. The van der Waals surface area contributed by atoms with Crippen LogP contribution in [0.3, 0.4) is 0 Å². The Kier molecular flexibility index (Phi) is 3.52. The van der Waals surface area contributed by atoms with Gasteiger partial charge in [0, 0.05) is 24.0 Å². The maximum Gasteiger partial charge on any atom is 0.141 e. The van der Waals surface area contributed by atoms with Gasteiger partial charge in [0.25, 0.3) is 0 Å². The Morgan fingerprint density at radius 1 is 1.40 bits per heavy atom. The molecule has 84 valence electrons. The largest absolute Gasteiger partial charge is 0.382 e. The van der Waals surface area contributed by atoms with Gasteiger partial charge in [-0.25, -0.2) is 10.8 Å². The number of hydrogen-bond donors (Lipinski definition) is 3. The molecule has 0 radical (unpaired) electrons. The van der Waals surface area contributed by atoms with Crippen LogP contribution in [0, 0.1) is 5.41 Å². The lowest BCUT2D eigenvalue weighted by Crippen LogP contribution is -2.30. The quantitative estimate of drug-likeness (QED) is 0.526. The first-order valence-electron chi connectivity index (χ1n) is 5.12. The number of hydrazine groups is 1. The van der Waals surface area contributed by atoms with Gasteiger partial charge in [0.2, 0.25) is 0 Å². The van der Waals surface area contributed by atoms with Gasteiger partial charge in [0.05, 0.1) is 0 Å². The van der Waals surface area contributed by atoms with Crippen LogP contribution in [0.2, 0.25) is 0 Å². The SMILES string of the molecule is CC(Nc1ccnc(NN)c1)C(C)(C)C. The highest BCUT2D eigenvalue weighted by molar-refractivity contribution is 5.51. The highest BCUT2D eigenvalue weighted by Crippen LogP contribution is 2.23. The molecule has 0 aliphatic carbocycles. The minimum Gasteiger partial charge on any atom is -0.382 e. The zero-order chi connectivity index (χ0) is 11.5. The minimum absolute atomic E-state index is 0.222. The van der Waals surface area contributed by atoms with Crippen LogP contribution in [0.15, 0.2) is 18.3 Å². The molecular weight excluding hydrogens is 188 g/mol. The number of pyridine rings is 1. The number of anilines is 2. The van der Waals surface area contributed by atoms with Crippen LogP contribution in [0.4, 0.5) is 11.5 Å². The van der Waals surface area contributed by atoms with Crippen LogP contribution in [-0.4, -0.2) is 11.0 Å². The molecule has 1 unspecified atom stereocenters. The van der Waals surface area contributed by atoms with Gasteiger partial charge >= 0.3 is 0 Å². The van der Waals surface area contributed by atoms with Gasteiger partial charge in [-0.1, -0.05) is 20.8 Å². The van der Waals surface area contributed by atoms with E-state index in [0.29, 0.717) is 11.9 Å². The number of aromatic nitrogens is 1. The summed E-state index contributed by atoms with van der Waals surface area (Å²) in [5.74, 6) is 5.96. The molecule has 0 saturated heterocycles. The minimum atomic E-state index is 0.222. The zero-order valence-corrected chi connectivity index (χ0v) is 9.83. The lowest BCUT2D eigenvalue weighted by atomic mass is 9.88. The van der Waals surface area contributed by atoms with Gasteiger partial charge < -0.3 is 10.7 Å². The second kappa shape index (κ2) is 4.49. The first kappa shape index (κ1) is 11.8. The molecule has 0 aliphatic rings. The molecule has 4 nitrogen and oxygen atoms in total. The molecule has 1 aromatic rings. The van der Waals surface area contributed by atoms with Crippen molar-refractivity contribution < 1.29 is 0 Å². The molecule has 0 fully saturated rings. The summed E-state index contributed by atoms with van der Waals surface area (Å²) in [6.45, 7) is 8.77. The maximum absolute atomic E-state index is 5.30. The van der Waals surface area contributed by atoms with E-state index in [1.165, 1.54) is 0 Å². The number of nitrogens with one attached hydrogen (secondary N) is 2. The molecule has 4 heteroatoms. The third kappa shape index (κ3) is 3.40. The van der Waals surface area contributed by atoms with Gasteiger partial charge in [-0.05, 0) is 18.4 Å². The molecule has 1 aromatic heterocycles. The first-order valence-corrected chi connectivity index (χ1v) is 5.12. The smallest absolute Gasteiger partial charge is 0.141 e. The summed E-state index contributed by atoms with van der Waals surface area (Å²) >= 11 is 0. The van der Waals surface area contributed by atoms with Crippen LogP contribution in [0.1, 0.15) is 27.7 Å². The predicted octanol–water partition coefficient (Wildman–Crippen LogP) is 2.21. The van der Waals surface area contributed by atoms with Crippen molar-refractivity contribution >= 4 is 11.5 Å². The summed E-state index contributed by atoms with van der Waals surface area (Å²) in [6, 6.07) is 4.20. The van der Waals surface area contributed by atoms with Gasteiger partial charge in [-0.15, -0.1) is 0 Å².